The Morgan fingerprint density at radius 1 is 1.00 bits per heavy atom. The van der Waals surface area contributed by atoms with Crippen molar-refractivity contribution in [2.75, 3.05) is 0 Å². The van der Waals surface area contributed by atoms with Crippen molar-refractivity contribution in [1.82, 2.24) is 15.0 Å². The van der Waals surface area contributed by atoms with Gasteiger partial charge in [-0.2, -0.15) is 9.97 Å². The summed E-state index contributed by atoms with van der Waals surface area (Å²) >= 11 is 9.68. The van der Waals surface area contributed by atoms with Crippen LogP contribution in [-0.2, 0) is 0 Å². The van der Waals surface area contributed by atoms with Crippen LogP contribution in [0.1, 0.15) is 0 Å². The Morgan fingerprint density at radius 2 is 1.42 bits per heavy atom. The van der Waals surface area contributed by atoms with Crippen LogP contribution in [0.15, 0.2) is 0 Å². The first kappa shape index (κ1) is 12.0. The molecule has 1 heterocycles. The maximum Gasteiger partial charge on any atom is 1.00 e. The Balaban J connectivity index is 0.00000121. The third-order valence-electron chi connectivity index (χ3n) is 0.712. The third kappa shape index (κ3) is 3.16. The number of hydrogen-bond acceptors (Lipinski definition) is 6. The van der Waals surface area contributed by atoms with Gasteiger partial charge in [-0.15, -0.1) is 4.98 Å². The molecule has 1 rings (SSSR count). The first-order valence-electron chi connectivity index (χ1n) is 2.26. The van der Waals surface area contributed by atoms with Gasteiger partial charge in [0.15, 0.2) is 0 Å². The fraction of sp³-hybridized carbons (Fsp3) is 0. The second-order valence-corrected chi connectivity index (χ2v) is 1.65. The zero-order valence-electron chi connectivity index (χ0n) is 5.82. The van der Waals surface area contributed by atoms with Crippen LogP contribution in [0.3, 0.4) is 0 Å². The van der Waals surface area contributed by atoms with Gasteiger partial charge < -0.3 is 13.7 Å². The molecule has 0 unspecified atom stereocenters. The van der Waals surface area contributed by atoms with Crippen molar-refractivity contribution in [2.45, 2.75) is 0 Å². The van der Waals surface area contributed by atoms with E-state index < -0.39 is 6.01 Å². The molecule has 0 aromatic carbocycles. The number of hydrogen-bond donors (Lipinski definition) is 0. The van der Waals surface area contributed by atoms with Gasteiger partial charge in [0, 0.05) is 0 Å². The smallest absolute Gasteiger partial charge is 0.844 e. The molecule has 0 saturated carbocycles. The quantitative estimate of drug-likeness (QED) is 0.494. The standard InChI is InChI=1S/C3HCl2N3O3.Na/c4-10-2-6-1(9)7-3(8-2)11-5;/h(H,6,7,8,9);/q;+1/p-1. The van der Waals surface area contributed by atoms with E-state index in [4.69, 9.17) is 23.7 Å². The maximum absolute atomic E-state index is 10.5. The zero-order valence-corrected chi connectivity index (χ0v) is 9.33. The van der Waals surface area contributed by atoms with E-state index in [-0.39, 0.29) is 41.6 Å². The first-order valence-corrected chi connectivity index (χ1v) is 2.88. The van der Waals surface area contributed by atoms with Crippen LogP contribution >= 0.6 is 23.7 Å². The molecule has 0 saturated heterocycles. The number of halogens is 2. The molecular formula is C3Cl2N3NaO3. The summed E-state index contributed by atoms with van der Waals surface area (Å²) in [4.78, 5) is 9.60. The number of rotatable bonds is 2. The van der Waals surface area contributed by atoms with Crippen LogP contribution in [0.5, 0.6) is 18.0 Å². The van der Waals surface area contributed by atoms with Gasteiger partial charge in [0.1, 0.15) is 23.7 Å². The number of nitrogens with zero attached hydrogens (tertiary/aromatic N) is 3. The average Bonchev–Trinajstić information content (AvgIpc) is 2.03. The molecule has 12 heavy (non-hydrogen) atoms. The predicted octanol–water partition coefficient (Wildman–Crippen LogP) is -2.99. The minimum absolute atomic E-state index is 0. The summed E-state index contributed by atoms with van der Waals surface area (Å²) in [5.74, 6) is 0. The van der Waals surface area contributed by atoms with E-state index in [2.05, 4.69) is 23.5 Å². The van der Waals surface area contributed by atoms with Crippen LogP contribution in [-0.4, -0.2) is 15.0 Å². The van der Waals surface area contributed by atoms with Crippen LogP contribution in [0.2, 0.25) is 0 Å². The average molecular weight is 220 g/mol. The fourth-order valence-electron chi connectivity index (χ4n) is 0.389. The van der Waals surface area contributed by atoms with E-state index in [0.29, 0.717) is 0 Å². The van der Waals surface area contributed by atoms with Gasteiger partial charge in [-0.05, 0) is 0 Å². The molecule has 0 aliphatic rings. The molecule has 1 aromatic heterocycles. The van der Waals surface area contributed by atoms with E-state index in [1.165, 1.54) is 0 Å². The molecule has 0 fully saturated rings. The van der Waals surface area contributed by atoms with E-state index in [1.807, 2.05) is 0 Å². The SMILES string of the molecule is [Na+].[O-]c1nc(OCl)nc(OCl)n1. The molecule has 6 nitrogen and oxygen atoms in total. The molecule has 0 radical (unpaired) electrons. The van der Waals surface area contributed by atoms with E-state index in [9.17, 15) is 5.11 Å². The molecule has 0 aliphatic heterocycles. The summed E-state index contributed by atoms with van der Waals surface area (Å²) in [5, 5.41) is 10.5. The summed E-state index contributed by atoms with van der Waals surface area (Å²) in [5.41, 5.74) is 0. The Hall–Kier alpha value is -0.0100. The van der Waals surface area contributed by atoms with Crippen LogP contribution in [0.25, 0.3) is 0 Å². The molecule has 0 bridgehead atoms. The van der Waals surface area contributed by atoms with E-state index in [1.54, 1.807) is 0 Å². The van der Waals surface area contributed by atoms with E-state index >= 15 is 0 Å². The van der Waals surface area contributed by atoms with Crippen molar-refractivity contribution >= 4 is 23.7 Å². The van der Waals surface area contributed by atoms with Crippen molar-refractivity contribution in [2.24, 2.45) is 0 Å². The summed E-state index contributed by atoms with van der Waals surface area (Å²) in [6.45, 7) is 0. The van der Waals surface area contributed by atoms with Gasteiger partial charge in [-0.25, -0.2) is 0 Å². The Morgan fingerprint density at radius 3 is 1.75 bits per heavy atom. The second kappa shape index (κ2) is 5.60. The molecule has 60 valence electrons. The van der Waals surface area contributed by atoms with Gasteiger partial charge in [0.05, 0.1) is 6.01 Å². The largest absolute Gasteiger partial charge is 1.00 e. The third-order valence-corrected chi connectivity index (χ3v) is 0.988. The minimum Gasteiger partial charge on any atom is -0.844 e. The molecule has 9 heteroatoms. The zero-order chi connectivity index (χ0) is 8.27. The maximum atomic E-state index is 10.5. The molecule has 0 atom stereocenters. The molecule has 0 spiro atoms. The van der Waals surface area contributed by atoms with Gasteiger partial charge in [-0.3, -0.25) is 0 Å². The summed E-state index contributed by atoms with van der Waals surface area (Å²) in [6, 6.07) is -1.56. The van der Waals surface area contributed by atoms with Crippen LogP contribution < -0.4 is 43.2 Å². The summed E-state index contributed by atoms with van der Waals surface area (Å²) < 4.78 is 8.02. The molecule has 1 aromatic rings. The normalized spacial score (nSPS) is 8.50. The predicted molar refractivity (Wildman–Crippen MR) is 32.2 cm³/mol. The molecular weight excluding hydrogens is 220 g/mol. The summed E-state index contributed by atoms with van der Waals surface area (Å²) in [7, 11) is 0. The Bertz CT molecular complexity index is 240. The van der Waals surface area contributed by atoms with Gasteiger partial charge in [0.25, 0.3) is 0 Å². The van der Waals surface area contributed by atoms with Crippen LogP contribution in [0.4, 0.5) is 0 Å². The first-order chi connectivity index (χ1) is 5.26. The topological polar surface area (TPSA) is 80.2 Å². The molecule has 0 aliphatic carbocycles. The van der Waals surface area contributed by atoms with Crippen molar-refractivity contribution in [3.63, 3.8) is 0 Å². The van der Waals surface area contributed by atoms with Crippen molar-refractivity contribution in [3.8, 4) is 18.0 Å². The Labute approximate surface area is 99.5 Å². The van der Waals surface area contributed by atoms with Crippen molar-refractivity contribution in [1.29, 1.82) is 0 Å². The minimum atomic E-state index is -0.841. The summed E-state index contributed by atoms with van der Waals surface area (Å²) in [6.07, 6.45) is 0. The van der Waals surface area contributed by atoms with Crippen LogP contribution in [0, 0.1) is 0 Å². The Kier molecular flexibility index (Phi) is 5.60. The molecule has 0 amide bonds. The number of aromatic nitrogens is 3. The van der Waals surface area contributed by atoms with Gasteiger partial charge in [0.2, 0.25) is 0 Å². The van der Waals surface area contributed by atoms with Gasteiger partial charge >= 0.3 is 41.6 Å². The van der Waals surface area contributed by atoms with Crippen molar-refractivity contribution < 1.29 is 43.2 Å². The van der Waals surface area contributed by atoms with Crippen molar-refractivity contribution in [3.05, 3.63) is 0 Å². The second-order valence-electron chi connectivity index (χ2n) is 1.34. The monoisotopic (exact) mass is 219 g/mol. The fourth-order valence-corrected chi connectivity index (χ4v) is 0.527. The molecule has 0 N–H and O–H groups in total. The van der Waals surface area contributed by atoms with E-state index in [0.717, 1.165) is 0 Å². The van der Waals surface area contributed by atoms with Gasteiger partial charge in [-0.1, -0.05) is 0 Å².